The Balaban J connectivity index is 3.51. The predicted molar refractivity (Wildman–Crippen MR) is 55.3 cm³/mol. The number of hydrogen-bond donors (Lipinski definition) is 2. The van der Waals surface area contributed by atoms with Gasteiger partial charge in [0.2, 0.25) is 0 Å². The van der Waals surface area contributed by atoms with Crippen LogP contribution in [-0.4, -0.2) is 32.5 Å². The molecular formula is C8H9O7S2. The average Bonchev–Trinajstić information content (AvgIpc) is 2.15. The van der Waals surface area contributed by atoms with Gasteiger partial charge in [-0.15, -0.1) is 0 Å². The smallest absolute Gasteiger partial charge is 0.282 e. The summed E-state index contributed by atoms with van der Waals surface area (Å²) in [4.78, 5) is -1.36. The monoisotopic (exact) mass is 281 g/mol. The van der Waals surface area contributed by atoms with E-state index in [9.17, 15) is 21.9 Å². The predicted octanol–water partition coefficient (Wildman–Crippen LogP) is 0.153. The van der Waals surface area contributed by atoms with Crippen molar-refractivity contribution in [2.75, 3.05) is 6.61 Å². The van der Waals surface area contributed by atoms with Crippen LogP contribution >= 0.6 is 0 Å². The molecule has 0 aliphatic heterocycles. The van der Waals surface area contributed by atoms with Gasteiger partial charge >= 0.3 is 0 Å². The van der Waals surface area contributed by atoms with Crippen molar-refractivity contribution in [1.29, 1.82) is 0 Å². The van der Waals surface area contributed by atoms with Gasteiger partial charge in [-0.3, -0.25) is 9.11 Å². The highest BCUT2D eigenvalue weighted by Gasteiger charge is 2.19. The highest BCUT2D eigenvalue weighted by atomic mass is 32.2. The lowest BCUT2D eigenvalue weighted by molar-refractivity contribution is 0.196. The van der Waals surface area contributed by atoms with E-state index in [4.69, 9.17) is 9.11 Å². The highest BCUT2D eigenvalue weighted by Crippen LogP contribution is 2.20. The molecule has 1 radical (unpaired) electrons. The summed E-state index contributed by atoms with van der Waals surface area (Å²) in [7, 11) is -9.22. The third-order valence-electron chi connectivity index (χ3n) is 1.99. The van der Waals surface area contributed by atoms with Crippen molar-refractivity contribution in [3.8, 4) is 0 Å². The van der Waals surface area contributed by atoms with Gasteiger partial charge in [-0.05, 0) is 17.7 Å². The Kier molecular flexibility index (Phi) is 3.89. The average molecular weight is 281 g/mol. The third kappa shape index (κ3) is 3.48. The van der Waals surface area contributed by atoms with Gasteiger partial charge in [0.25, 0.3) is 20.2 Å². The molecule has 0 bridgehead atoms. The van der Waals surface area contributed by atoms with Gasteiger partial charge in [-0.25, -0.2) is 5.11 Å². The van der Waals surface area contributed by atoms with E-state index >= 15 is 0 Å². The van der Waals surface area contributed by atoms with Crippen LogP contribution in [0.5, 0.6) is 0 Å². The number of benzene rings is 1. The van der Waals surface area contributed by atoms with Crippen LogP contribution in [0.2, 0.25) is 0 Å². The first kappa shape index (κ1) is 14.1. The van der Waals surface area contributed by atoms with Gasteiger partial charge in [-0.2, -0.15) is 16.8 Å². The Labute approximate surface area is 98.2 Å². The third-order valence-corrected chi connectivity index (χ3v) is 3.77. The van der Waals surface area contributed by atoms with Crippen molar-refractivity contribution in [2.24, 2.45) is 0 Å². The summed E-state index contributed by atoms with van der Waals surface area (Å²) in [6, 6.07) is 2.62. The van der Waals surface area contributed by atoms with Crippen LogP contribution in [0.15, 0.2) is 28.0 Å². The van der Waals surface area contributed by atoms with Crippen LogP contribution < -0.4 is 0 Å². The molecule has 2 N–H and O–H groups in total. The van der Waals surface area contributed by atoms with E-state index in [2.05, 4.69) is 0 Å². The molecule has 0 aliphatic carbocycles. The molecule has 0 unspecified atom stereocenters. The molecule has 7 nitrogen and oxygen atoms in total. The first-order valence-corrected chi connectivity index (χ1v) is 7.20. The largest absolute Gasteiger partial charge is 0.294 e. The second kappa shape index (κ2) is 4.70. The van der Waals surface area contributed by atoms with Gasteiger partial charge in [-0.1, -0.05) is 6.07 Å². The maximum Gasteiger partial charge on any atom is 0.294 e. The maximum absolute atomic E-state index is 11.0. The van der Waals surface area contributed by atoms with E-state index in [1.165, 1.54) is 0 Å². The molecule has 0 spiro atoms. The summed E-state index contributed by atoms with van der Waals surface area (Å²) in [5, 5.41) is 10.4. The molecule has 1 rings (SSSR count). The van der Waals surface area contributed by atoms with E-state index in [-0.39, 0.29) is 12.0 Å². The molecule has 95 valence electrons. The van der Waals surface area contributed by atoms with Crippen molar-refractivity contribution in [3.63, 3.8) is 0 Å². The molecule has 0 saturated heterocycles. The zero-order valence-electron chi connectivity index (χ0n) is 8.40. The minimum atomic E-state index is -4.65. The first-order valence-electron chi connectivity index (χ1n) is 4.32. The standard InChI is InChI=1S/C8H9O7S2/c9-4-3-6-1-2-7(16(10,11)12)5-8(6)17(13,14)15/h1-2,5H,3-4H2,(H,10,11,12)(H,13,14,15). The highest BCUT2D eigenvalue weighted by molar-refractivity contribution is 7.86. The lowest BCUT2D eigenvalue weighted by atomic mass is 10.2. The van der Waals surface area contributed by atoms with E-state index in [1.807, 2.05) is 0 Å². The lowest BCUT2D eigenvalue weighted by Gasteiger charge is -2.06. The first-order chi connectivity index (χ1) is 7.66. The van der Waals surface area contributed by atoms with Crippen LogP contribution in [0.1, 0.15) is 5.56 Å². The molecule has 9 heteroatoms. The molecule has 17 heavy (non-hydrogen) atoms. The fraction of sp³-hybridized carbons (Fsp3) is 0.250. The lowest BCUT2D eigenvalue weighted by Crippen LogP contribution is -2.07. The Morgan fingerprint density at radius 3 is 2.00 bits per heavy atom. The van der Waals surface area contributed by atoms with Gasteiger partial charge in [0, 0.05) is 6.42 Å². The van der Waals surface area contributed by atoms with Crippen molar-refractivity contribution < 1.29 is 31.0 Å². The van der Waals surface area contributed by atoms with Crippen LogP contribution in [0.25, 0.3) is 0 Å². The van der Waals surface area contributed by atoms with Crippen LogP contribution in [0.4, 0.5) is 0 Å². The summed E-state index contributed by atoms with van der Waals surface area (Å²) in [6.07, 6.45) is -0.180. The van der Waals surface area contributed by atoms with Crippen molar-refractivity contribution in [1.82, 2.24) is 0 Å². The van der Waals surface area contributed by atoms with Crippen molar-refractivity contribution in [2.45, 2.75) is 16.2 Å². The normalized spacial score (nSPS) is 12.6. The Morgan fingerprint density at radius 2 is 1.59 bits per heavy atom. The molecule has 0 fully saturated rings. The molecule has 1 aromatic carbocycles. The van der Waals surface area contributed by atoms with Crippen LogP contribution in [0.3, 0.4) is 0 Å². The topological polar surface area (TPSA) is 129 Å². The summed E-state index contributed by atoms with van der Waals surface area (Å²) >= 11 is 0. The van der Waals surface area contributed by atoms with Gasteiger partial charge < -0.3 is 0 Å². The fourth-order valence-electron chi connectivity index (χ4n) is 1.25. The Bertz CT molecular complexity index is 615. The zero-order valence-corrected chi connectivity index (χ0v) is 10.0. The minimum Gasteiger partial charge on any atom is -0.282 e. The molecule has 0 aliphatic rings. The van der Waals surface area contributed by atoms with Gasteiger partial charge in [0.15, 0.2) is 0 Å². The fourth-order valence-corrected chi connectivity index (χ4v) is 2.61. The summed E-state index contributed by atoms with van der Waals surface area (Å²) in [5.74, 6) is 0. The van der Waals surface area contributed by atoms with Gasteiger partial charge in [0.1, 0.15) is 0 Å². The van der Waals surface area contributed by atoms with Crippen molar-refractivity contribution in [3.05, 3.63) is 23.8 Å². The molecule has 0 atom stereocenters. The Hall–Kier alpha value is -1.00. The molecule has 0 heterocycles. The van der Waals surface area contributed by atoms with Crippen LogP contribution in [-0.2, 0) is 31.8 Å². The number of hydrogen-bond acceptors (Lipinski definition) is 4. The molecule has 0 saturated carbocycles. The van der Waals surface area contributed by atoms with E-state index in [1.54, 1.807) is 0 Å². The quantitative estimate of drug-likeness (QED) is 0.756. The molecular weight excluding hydrogens is 272 g/mol. The summed E-state index contributed by atoms with van der Waals surface area (Å²) < 4.78 is 61.2. The summed E-state index contributed by atoms with van der Waals surface area (Å²) in [5.41, 5.74) is -0.00472. The van der Waals surface area contributed by atoms with Gasteiger partial charge in [0.05, 0.1) is 16.4 Å². The van der Waals surface area contributed by atoms with E-state index in [0.29, 0.717) is 6.07 Å². The van der Waals surface area contributed by atoms with E-state index < -0.39 is 36.6 Å². The Morgan fingerprint density at radius 1 is 1.00 bits per heavy atom. The molecule has 1 aromatic rings. The SMILES string of the molecule is [O]CCc1ccc(S(=O)(=O)O)cc1S(=O)(=O)O. The summed E-state index contributed by atoms with van der Waals surface area (Å²) in [6.45, 7) is -0.617. The molecule has 0 amide bonds. The minimum absolute atomic E-state index is 0.00472. The zero-order chi connectivity index (χ0) is 13.3. The second-order valence-corrected chi connectivity index (χ2v) is 5.99. The van der Waals surface area contributed by atoms with Crippen molar-refractivity contribution >= 4 is 20.2 Å². The van der Waals surface area contributed by atoms with E-state index in [0.717, 1.165) is 12.1 Å². The number of rotatable bonds is 4. The molecule has 0 aromatic heterocycles. The second-order valence-electron chi connectivity index (χ2n) is 3.17. The van der Waals surface area contributed by atoms with Crippen LogP contribution in [0, 0.1) is 0 Å². The maximum atomic E-state index is 11.0.